The Morgan fingerprint density at radius 3 is 1.90 bits per heavy atom. The highest BCUT2D eigenvalue weighted by Gasteiger charge is 2.33. The van der Waals surface area contributed by atoms with Crippen molar-refractivity contribution in [2.75, 3.05) is 0 Å². The molecule has 4 rings (SSSR count). The summed E-state index contributed by atoms with van der Waals surface area (Å²) in [6.07, 6.45) is 4.19. The summed E-state index contributed by atoms with van der Waals surface area (Å²) in [7, 11) is 0. The Balaban J connectivity index is 1.98. The molecule has 0 saturated carbocycles. The topological polar surface area (TPSA) is 34.1 Å². The van der Waals surface area contributed by atoms with Crippen LogP contribution in [0.1, 0.15) is 17.0 Å². The van der Waals surface area contributed by atoms with Crippen LogP contribution in [-0.2, 0) is 9.59 Å². The summed E-state index contributed by atoms with van der Waals surface area (Å²) in [5.41, 5.74) is 5.06. The van der Waals surface area contributed by atoms with Crippen molar-refractivity contribution in [1.82, 2.24) is 0 Å². The van der Waals surface area contributed by atoms with Gasteiger partial charge in [-0.3, -0.25) is 9.59 Å². The molecule has 0 amide bonds. The molecule has 2 aliphatic rings. The monoisotopic (exact) mass is 272 g/mol. The molecule has 0 spiro atoms. The molecule has 0 aliphatic heterocycles. The van der Waals surface area contributed by atoms with Crippen molar-refractivity contribution in [2.45, 2.75) is 5.92 Å². The predicted molar refractivity (Wildman–Crippen MR) is 81.0 cm³/mol. The van der Waals surface area contributed by atoms with Crippen LogP contribution in [-0.4, -0.2) is 11.6 Å². The fourth-order valence-electron chi connectivity index (χ4n) is 3.24. The molecule has 0 fully saturated rings. The SMILES string of the molecule is O=C1C=CC(=O)C(C2c3ccccc3-c3ccccc32)=C1. The Hall–Kier alpha value is -2.74. The lowest BCUT2D eigenvalue weighted by atomic mass is 9.84. The van der Waals surface area contributed by atoms with Gasteiger partial charge in [-0.2, -0.15) is 0 Å². The third-order valence-corrected chi connectivity index (χ3v) is 4.13. The number of carbonyl (C=O) groups excluding carboxylic acids is 2. The van der Waals surface area contributed by atoms with Crippen molar-refractivity contribution in [1.29, 1.82) is 0 Å². The summed E-state index contributed by atoms with van der Waals surface area (Å²) >= 11 is 0. The van der Waals surface area contributed by atoms with Crippen molar-refractivity contribution in [2.24, 2.45) is 0 Å². The van der Waals surface area contributed by atoms with Gasteiger partial charge in [0, 0.05) is 11.5 Å². The normalized spacial score (nSPS) is 16.7. The molecule has 0 unspecified atom stereocenters. The molecule has 2 aliphatic carbocycles. The zero-order valence-corrected chi connectivity index (χ0v) is 11.2. The molecule has 0 aromatic heterocycles. The molecule has 2 heteroatoms. The van der Waals surface area contributed by atoms with Crippen LogP contribution in [0.15, 0.2) is 72.3 Å². The average Bonchev–Trinajstić information content (AvgIpc) is 2.84. The molecule has 2 aromatic carbocycles. The van der Waals surface area contributed by atoms with E-state index in [1.807, 2.05) is 36.4 Å². The van der Waals surface area contributed by atoms with E-state index in [0.717, 1.165) is 22.3 Å². The first-order valence-corrected chi connectivity index (χ1v) is 6.92. The minimum absolute atomic E-state index is 0.0777. The number of allylic oxidation sites excluding steroid dienone is 4. The van der Waals surface area contributed by atoms with Crippen LogP contribution in [0.5, 0.6) is 0 Å². The zero-order chi connectivity index (χ0) is 14.4. The van der Waals surface area contributed by atoms with Crippen molar-refractivity contribution >= 4 is 11.6 Å². The van der Waals surface area contributed by atoms with Gasteiger partial charge >= 0.3 is 0 Å². The summed E-state index contributed by atoms with van der Waals surface area (Å²) in [6, 6.07) is 16.2. The van der Waals surface area contributed by atoms with E-state index in [1.54, 1.807) is 0 Å². The number of benzene rings is 2. The van der Waals surface area contributed by atoms with Crippen LogP contribution in [0.25, 0.3) is 11.1 Å². The van der Waals surface area contributed by atoms with Gasteiger partial charge in [-0.05, 0) is 40.5 Å². The Morgan fingerprint density at radius 1 is 0.714 bits per heavy atom. The molecular formula is C19H12O2. The molecular weight excluding hydrogens is 260 g/mol. The van der Waals surface area contributed by atoms with Gasteiger partial charge in [-0.1, -0.05) is 48.5 Å². The Labute approximate surface area is 122 Å². The Morgan fingerprint density at radius 2 is 1.29 bits per heavy atom. The summed E-state index contributed by atoms with van der Waals surface area (Å²) in [6.45, 7) is 0. The lowest BCUT2D eigenvalue weighted by molar-refractivity contribution is -0.114. The molecule has 0 saturated heterocycles. The van der Waals surface area contributed by atoms with Gasteiger partial charge in [-0.15, -0.1) is 0 Å². The van der Waals surface area contributed by atoms with E-state index < -0.39 is 0 Å². The summed E-state index contributed by atoms with van der Waals surface area (Å²) in [5.74, 6) is -0.337. The van der Waals surface area contributed by atoms with Gasteiger partial charge in [0.2, 0.25) is 0 Å². The molecule has 0 N–H and O–H groups in total. The second-order valence-electron chi connectivity index (χ2n) is 5.31. The van der Waals surface area contributed by atoms with Crippen LogP contribution < -0.4 is 0 Å². The highest BCUT2D eigenvalue weighted by atomic mass is 16.1. The van der Waals surface area contributed by atoms with E-state index in [9.17, 15) is 9.59 Å². The minimum Gasteiger partial charge on any atom is -0.290 e. The smallest absolute Gasteiger partial charge is 0.183 e. The quantitative estimate of drug-likeness (QED) is 0.745. The van der Waals surface area contributed by atoms with Crippen molar-refractivity contribution in [3.05, 3.63) is 83.5 Å². The van der Waals surface area contributed by atoms with Crippen LogP contribution in [0.3, 0.4) is 0 Å². The predicted octanol–water partition coefficient (Wildman–Crippen LogP) is 3.43. The third-order valence-electron chi connectivity index (χ3n) is 4.13. The highest BCUT2D eigenvalue weighted by Crippen LogP contribution is 2.48. The summed E-state index contributed by atoms with van der Waals surface area (Å²) < 4.78 is 0. The number of rotatable bonds is 1. The molecule has 21 heavy (non-hydrogen) atoms. The standard InChI is InChI=1S/C19H12O2/c20-12-9-10-18(21)17(11-12)19-15-7-3-1-5-13(15)14-6-2-4-8-16(14)19/h1-11,19H. The van der Waals surface area contributed by atoms with Crippen LogP contribution in [0.4, 0.5) is 0 Å². The van der Waals surface area contributed by atoms with Gasteiger partial charge in [0.15, 0.2) is 11.6 Å². The fourth-order valence-corrected chi connectivity index (χ4v) is 3.24. The molecule has 0 bridgehead atoms. The van der Waals surface area contributed by atoms with E-state index in [0.29, 0.717) is 5.57 Å². The highest BCUT2D eigenvalue weighted by molar-refractivity contribution is 6.18. The summed E-state index contributed by atoms with van der Waals surface area (Å²) in [5, 5.41) is 0. The van der Waals surface area contributed by atoms with E-state index in [4.69, 9.17) is 0 Å². The van der Waals surface area contributed by atoms with Crippen LogP contribution in [0, 0.1) is 0 Å². The largest absolute Gasteiger partial charge is 0.290 e. The van der Waals surface area contributed by atoms with Crippen molar-refractivity contribution in [3.8, 4) is 11.1 Å². The molecule has 0 radical (unpaired) electrons. The van der Waals surface area contributed by atoms with Gasteiger partial charge in [0.05, 0.1) is 0 Å². The maximum Gasteiger partial charge on any atom is 0.183 e. The fraction of sp³-hybridized carbons (Fsp3) is 0.0526. The average molecular weight is 272 g/mol. The van der Waals surface area contributed by atoms with E-state index in [-0.39, 0.29) is 17.5 Å². The number of ketones is 2. The van der Waals surface area contributed by atoms with Crippen molar-refractivity contribution < 1.29 is 9.59 Å². The van der Waals surface area contributed by atoms with E-state index in [1.165, 1.54) is 18.2 Å². The zero-order valence-electron chi connectivity index (χ0n) is 11.2. The molecule has 2 aromatic rings. The van der Waals surface area contributed by atoms with Gasteiger partial charge in [-0.25, -0.2) is 0 Å². The second kappa shape index (κ2) is 4.38. The summed E-state index contributed by atoms with van der Waals surface area (Å²) in [4.78, 5) is 23.9. The number of carbonyl (C=O) groups is 2. The third kappa shape index (κ3) is 1.73. The number of hydrogen-bond acceptors (Lipinski definition) is 2. The number of hydrogen-bond donors (Lipinski definition) is 0. The lowest BCUT2D eigenvalue weighted by Gasteiger charge is -2.17. The first-order chi connectivity index (χ1) is 10.3. The van der Waals surface area contributed by atoms with E-state index in [2.05, 4.69) is 12.1 Å². The van der Waals surface area contributed by atoms with Crippen LogP contribution >= 0.6 is 0 Å². The van der Waals surface area contributed by atoms with Crippen molar-refractivity contribution in [3.63, 3.8) is 0 Å². The Kier molecular flexibility index (Phi) is 2.51. The van der Waals surface area contributed by atoms with Gasteiger partial charge in [0.25, 0.3) is 0 Å². The first kappa shape index (κ1) is 12.0. The maximum atomic E-state index is 12.2. The molecule has 0 atom stereocenters. The number of fused-ring (bicyclic) bond motifs is 3. The van der Waals surface area contributed by atoms with Gasteiger partial charge in [0.1, 0.15) is 0 Å². The first-order valence-electron chi connectivity index (χ1n) is 6.92. The van der Waals surface area contributed by atoms with Gasteiger partial charge < -0.3 is 0 Å². The lowest BCUT2D eigenvalue weighted by Crippen LogP contribution is -2.14. The molecule has 100 valence electrons. The van der Waals surface area contributed by atoms with Crippen LogP contribution in [0.2, 0.25) is 0 Å². The molecule has 0 heterocycles. The molecule has 2 nitrogen and oxygen atoms in total. The van der Waals surface area contributed by atoms with E-state index >= 15 is 0 Å². The minimum atomic E-state index is -0.140. The maximum absolute atomic E-state index is 12.2. The second-order valence-corrected chi connectivity index (χ2v) is 5.31. The Bertz CT molecular complexity index is 795.